The average molecular weight is 292 g/mol. The lowest BCUT2D eigenvalue weighted by atomic mass is 10.1. The summed E-state index contributed by atoms with van der Waals surface area (Å²) in [7, 11) is 0. The number of piperazine rings is 1. The molecule has 0 bridgehead atoms. The molecule has 2 fully saturated rings. The van der Waals surface area contributed by atoms with Gasteiger partial charge < -0.3 is 14.6 Å². The van der Waals surface area contributed by atoms with Gasteiger partial charge in [-0.1, -0.05) is 0 Å². The van der Waals surface area contributed by atoms with Crippen molar-refractivity contribution in [1.82, 2.24) is 14.5 Å². The van der Waals surface area contributed by atoms with Gasteiger partial charge in [0.05, 0.1) is 5.60 Å². The molecule has 1 saturated heterocycles. The van der Waals surface area contributed by atoms with Crippen molar-refractivity contribution in [3.8, 4) is 0 Å². The standard InChI is InChI=1S/C15H24N4O2/c1-15(2,21)11-17-7-9-18(10-8-17)13-14(20)19(6-5-16-13)12-3-4-12/h5-6,12,21H,3-4,7-11H2,1-2H3. The summed E-state index contributed by atoms with van der Waals surface area (Å²) in [6.45, 7) is 7.58. The van der Waals surface area contributed by atoms with Crippen molar-refractivity contribution in [2.45, 2.75) is 38.3 Å². The highest BCUT2D eigenvalue weighted by Crippen LogP contribution is 2.33. The Morgan fingerprint density at radius 1 is 1.29 bits per heavy atom. The molecule has 0 atom stereocenters. The first-order valence-electron chi connectivity index (χ1n) is 7.71. The molecule has 21 heavy (non-hydrogen) atoms. The fourth-order valence-corrected chi connectivity index (χ4v) is 2.94. The van der Waals surface area contributed by atoms with Gasteiger partial charge in [-0.25, -0.2) is 4.98 Å². The third-order valence-electron chi connectivity index (χ3n) is 4.07. The summed E-state index contributed by atoms with van der Waals surface area (Å²) in [5.41, 5.74) is -0.637. The molecule has 2 aliphatic rings. The van der Waals surface area contributed by atoms with Crippen LogP contribution in [0.4, 0.5) is 5.82 Å². The van der Waals surface area contributed by atoms with Gasteiger partial charge in [-0.05, 0) is 26.7 Å². The number of nitrogens with zero attached hydrogens (tertiary/aromatic N) is 4. The second kappa shape index (κ2) is 5.42. The first-order valence-corrected chi connectivity index (χ1v) is 7.71. The highest BCUT2D eigenvalue weighted by atomic mass is 16.3. The summed E-state index contributed by atoms with van der Waals surface area (Å²) in [6.07, 6.45) is 5.73. The maximum absolute atomic E-state index is 12.5. The van der Waals surface area contributed by atoms with E-state index in [9.17, 15) is 9.90 Å². The molecule has 3 rings (SSSR count). The van der Waals surface area contributed by atoms with Crippen LogP contribution in [0.25, 0.3) is 0 Å². The largest absolute Gasteiger partial charge is 0.389 e. The quantitative estimate of drug-likeness (QED) is 0.874. The summed E-state index contributed by atoms with van der Waals surface area (Å²) in [5.74, 6) is 0.576. The lowest BCUT2D eigenvalue weighted by Crippen LogP contribution is -2.51. The number of anilines is 1. The van der Waals surface area contributed by atoms with Gasteiger partial charge in [-0.15, -0.1) is 0 Å². The molecule has 6 heteroatoms. The summed E-state index contributed by atoms with van der Waals surface area (Å²) < 4.78 is 1.82. The minimum absolute atomic E-state index is 0.0379. The molecular weight excluding hydrogens is 268 g/mol. The summed E-state index contributed by atoms with van der Waals surface area (Å²) >= 11 is 0. The second-order valence-corrected chi connectivity index (χ2v) is 6.77. The van der Waals surface area contributed by atoms with Gasteiger partial charge in [-0.3, -0.25) is 9.69 Å². The first kappa shape index (κ1) is 14.5. The van der Waals surface area contributed by atoms with Crippen molar-refractivity contribution >= 4 is 5.82 Å². The average Bonchev–Trinajstić information content (AvgIpc) is 3.23. The molecule has 1 N–H and O–H groups in total. The lowest BCUT2D eigenvalue weighted by Gasteiger charge is -2.37. The third-order valence-corrected chi connectivity index (χ3v) is 4.07. The highest BCUT2D eigenvalue weighted by Gasteiger charge is 2.28. The second-order valence-electron chi connectivity index (χ2n) is 6.77. The van der Waals surface area contributed by atoms with E-state index in [1.807, 2.05) is 18.4 Å². The zero-order valence-electron chi connectivity index (χ0n) is 12.8. The van der Waals surface area contributed by atoms with Crippen molar-refractivity contribution in [1.29, 1.82) is 0 Å². The van der Waals surface area contributed by atoms with Crippen LogP contribution in [0.1, 0.15) is 32.7 Å². The fourth-order valence-electron chi connectivity index (χ4n) is 2.94. The number of hydrogen-bond donors (Lipinski definition) is 1. The molecule has 2 heterocycles. The number of aromatic nitrogens is 2. The van der Waals surface area contributed by atoms with Crippen LogP contribution in [0, 0.1) is 0 Å². The predicted octanol–water partition coefficient (Wildman–Crippen LogP) is 0.471. The zero-order chi connectivity index (χ0) is 15.0. The van der Waals surface area contributed by atoms with Crippen molar-refractivity contribution < 1.29 is 5.11 Å². The Morgan fingerprint density at radius 3 is 2.52 bits per heavy atom. The summed E-state index contributed by atoms with van der Waals surface area (Å²) in [6, 6.07) is 0.385. The number of aliphatic hydroxyl groups is 1. The molecular formula is C15H24N4O2. The number of rotatable bonds is 4. The van der Waals surface area contributed by atoms with E-state index in [0.717, 1.165) is 39.0 Å². The normalized spacial score (nSPS) is 20.8. The predicted molar refractivity (Wildman–Crippen MR) is 81.7 cm³/mol. The van der Waals surface area contributed by atoms with Crippen molar-refractivity contribution in [2.75, 3.05) is 37.6 Å². The molecule has 1 aromatic heterocycles. The van der Waals surface area contributed by atoms with Crippen LogP contribution >= 0.6 is 0 Å². The molecule has 1 aromatic rings. The van der Waals surface area contributed by atoms with Gasteiger partial charge in [0.1, 0.15) is 0 Å². The first-order chi connectivity index (χ1) is 9.94. The van der Waals surface area contributed by atoms with Gasteiger partial charge in [0.2, 0.25) is 0 Å². The monoisotopic (exact) mass is 292 g/mol. The molecule has 0 amide bonds. The Hall–Kier alpha value is -1.40. The minimum atomic E-state index is -0.675. The molecule has 1 aliphatic carbocycles. The molecule has 0 unspecified atom stereocenters. The zero-order valence-corrected chi connectivity index (χ0v) is 12.8. The molecule has 0 aromatic carbocycles. The van der Waals surface area contributed by atoms with Crippen molar-refractivity contribution in [3.05, 3.63) is 22.7 Å². The van der Waals surface area contributed by atoms with Crippen LogP contribution in [-0.4, -0.2) is 57.9 Å². The number of β-amino-alcohol motifs (C(OH)–C–C–N with tert-alkyl or cyclic N) is 1. The van der Waals surface area contributed by atoms with Crippen LogP contribution in [0.15, 0.2) is 17.2 Å². The Morgan fingerprint density at radius 2 is 1.95 bits per heavy atom. The third kappa shape index (κ3) is 3.44. The smallest absolute Gasteiger partial charge is 0.293 e. The van der Waals surface area contributed by atoms with E-state index in [-0.39, 0.29) is 5.56 Å². The van der Waals surface area contributed by atoms with Gasteiger partial charge in [-0.2, -0.15) is 0 Å². The van der Waals surface area contributed by atoms with E-state index >= 15 is 0 Å². The minimum Gasteiger partial charge on any atom is -0.389 e. The van der Waals surface area contributed by atoms with Crippen LogP contribution in [0.5, 0.6) is 0 Å². The Kier molecular flexibility index (Phi) is 3.75. The van der Waals surface area contributed by atoms with Crippen LogP contribution < -0.4 is 10.5 Å². The van der Waals surface area contributed by atoms with Crippen LogP contribution in [0.3, 0.4) is 0 Å². The topological polar surface area (TPSA) is 61.6 Å². The SMILES string of the molecule is CC(C)(O)CN1CCN(c2nccn(C3CC3)c2=O)CC1. The molecule has 0 spiro atoms. The van der Waals surface area contributed by atoms with E-state index in [4.69, 9.17) is 0 Å². The van der Waals surface area contributed by atoms with Gasteiger partial charge in [0.15, 0.2) is 5.82 Å². The van der Waals surface area contributed by atoms with Gasteiger partial charge >= 0.3 is 0 Å². The van der Waals surface area contributed by atoms with E-state index < -0.39 is 5.60 Å². The maximum Gasteiger partial charge on any atom is 0.293 e. The van der Waals surface area contributed by atoms with E-state index in [1.54, 1.807) is 12.4 Å². The van der Waals surface area contributed by atoms with Crippen molar-refractivity contribution in [2.24, 2.45) is 0 Å². The lowest BCUT2D eigenvalue weighted by molar-refractivity contribution is 0.0344. The molecule has 6 nitrogen and oxygen atoms in total. The summed E-state index contributed by atoms with van der Waals surface area (Å²) in [5, 5.41) is 9.88. The fraction of sp³-hybridized carbons (Fsp3) is 0.733. The molecule has 0 radical (unpaired) electrons. The van der Waals surface area contributed by atoms with Crippen molar-refractivity contribution in [3.63, 3.8) is 0 Å². The summed E-state index contributed by atoms with van der Waals surface area (Å²) in [4.78, 5) is 21.1. The Labute approximate surface area is 125 Å². The molecule has 116 valence electrons. The van der Waals surface area contributed by atoms with Crippen LogP contribution in [0.2, 0.25) is 0 Å². The van der Waals surface area contributed by atoms with Gasteiger partial charge in [0.25, 0.3) is 5.56 Å². The Bertz CT molecular complexity index is 552. The number of hydrogen-bond acceptors (Lipinski definition) is 5. The van der Waals surface area contributed by atoms with Crippen LogP contribution in [-0.2, 0) is 0 Å². The molecule has 1 aliphatic heterocycles. The Balaban J connectivity index is 1.67. The highest BCUT2D eigenvalue weighted by molar-refractivity contribution is 5.36. The van der Waals surface area contributed by atoms with E-state index in [1.165, 1.54) is 0 Å². The van der Waals surface area contributed by atoms with E-state index in [0.29, 0.717) is 18.4 Å². The van der Waals surface area contributed by atoms with Gasteiger partial charge in [0, 0.05) is 51.2 Å². The van der Waals surface area contributed by atoms with E-state index in [2.05, 4.69) is 14.8 Å². The molecule has 1 saturated carbocycles. The maximum atomic E-state index is 12.5.